The van der Waals surface area contributed by atoms with Crippen LogP contribution in [0.3, 0.4) is 0 Å². The van der Waals surface area contributed by atoms with E-state index in [-0.39, 0.29) is 5.56 Å². The molecule has 5 heteroatoms. The maximum Gasteiger partial charge on any atom is 0.337 e. The Labute approximate surface area is 86.8 Å². The minimum absolute atomic E-state index is 0.211. The normalized spacial score (nSPS) is 14.5. The number of hydrogen-bond acceptors (Lipinski definition) is 4. The molecule has 1 heterocycles. The molecule has 1 aromatic carbocycles. The number of nitrogen functional groups attached to an aromatic ring is 1. The summed E-state index contributed by atoms with van der Waals surface area (Å²) in [6.45, 7) is 1.35. The molecule has 1 aromatic rings. The van der Waals surface area contributed by atoms with Crippen LogP contribution in [0.4, 0.5) is 11.4 Å². The Morgan fingerprint density at radius 2 is 2.33 bits per heavy atom. The predicted octanol–water partition coefficient (Wildman–Crippen LogP) is 0.815. The minimum Gasteiger partial charge on any atom is -0.478 e. The number of nitrogens with zero attached hydrogens (tertiary/aromatic N) is 2. The van der Waals surface area contributed by atoms with E-state index in [4.69, 9.17) is 10.8 Å². The number of carboxylic acid groups (broad SMARTS) is 1. The van der Waals surface area contributed by atoms with Crippen molar-refractivity contribution in [2.45, 2.75) is 0 Å². The maximum absolute atomic E-state index is 11.0. The van der Waals surface area contributed by atoms with E-state index in [0.717, 1.165) is 0 Å². The van der Waals surface area contributed by atoms with Crippen molar-refractivity contribution >= 4 is 23.7 Å². The number of para-hydroxylation sites is 1. The van der Waals surface area contributed by atoms with Gasteiger partial charge in [-0.1, -0.05) is 6.07 Å². The van der Waals surface area contributed by atoms with Gasteiger partial charge in [-0.15, -0.1) is 0 Å². The first kappa shape index (κ1) is 9.51. The monoisotopic (exact) mass is 205 g/mol. The highest BCUT2D eigenvalue weighted by molar-refractivity contribution is 6.02. The largest absolute Gasteiger partial charge is 0.478 e. The highest BCUT2D eigenvalue weighted by atomic mass is 16.4. The zero-order valence-corrected chi connectivity index (χ0v) is 8.05. The molecule has 78 valence electrons. The van der Waals surface area contributed by atoms with Crippen molar-refractivity contribution in [3.63, 3.8) is 0 Å². The maximum atomic E-state index is 11.0. The molecule has 0 fully saturated rings. The predicted molar refractivity (Wildman–Crippen MR) is 58.5 cm³/mol. The van der Waals surface area contributed by atoms with Crippen molar-refractivity contribution in [3.8, 4) is 0 Å². The molecular weight excluding hydrogens is 194 g/mol. The van der Waals surface area contributed by atoms with Crippen molar-refractivity contribution in [1.82, 2.24) is 0 Å². The molecule has 1 aliphatic heterocycles. The van der Waals surface area contributed by atoms with E-state index in [1.54, 1.807) is 29.4 Å². The number of aliphatic imine (C=N–C) groups is 1. The molecule has 0 amide bonds. The summed E-state index contributed by atoms with van der Waals surface area (Å²) in [5.74, 6) is -0.974. The molecule has 3 N–H and O–H groups in total. The van der Waals surface area contributed by atoms with Crippen molar-refractivity contribution in [1.29, 1.82) is 0 Å². The second-order valence-corrected chi connectivity index (χ2v) is 3.26. The molecule has 0 unspecified atom stereocenters. The molecule has 1 aliphatic rings. The summed E-state index contributed by atoms with van der Waals surface area (Å²) in [5, 5.41) is 9.02. The van der Waals surface area contributed by atoms with Crippen LogP contribution in [0.15, 0.2) is 23.2 Å². The number of anilines is 2. The van der Waals surface area contributed by atoms with Crippen molar-refractivity contribution in [2.75, 3.05) is 23.7 Å². The molecule has 5 nitrogen and oxygen atoms in total. The van der Waals surface area contributed by atoms with Crippen LogP contribution in [-0.2, 0) is 0 Å². The van der Waals surface area contributed by atoms with Crippen LogP contribution in [0.2, 0.25) is 0 Å². The number of carbonyl (C=O) groups is 1. The molecule has 15 heavy (non-hydrogen) atoms. The summed E-state index contributed by atoms with van der Waals surface area (Å²) in [7, 11) is 0. The molecule has 0 aromatic heterocycles. The Balaban J connectivity index is 2.51. The summed E-state index contributed by atoms with van der Waals surface area (Å²) in [4.78, 5) is 16.8. The molecule has 0 saturated carbocycles. The van der Waals surface area contributed by atoms with Crippen molar-refractivity contribution in [2.24, 2.45) is 4.99 Å². The SMILES string of the molecule is Nc1cccc(C(=O)O)c1N1C=NCC1. The van der Waals surface area contributed by atoms with E-state index in [0.29, 0.717) is 24.5 Å². The Hall–Kier alpha value is -2.04. The first-order valence-electron chi connectivity index (χ1n) is 4.58. The van der Waals surface area contributed by atoms with E-state index in [9.17, 15) is 4.79 Å². The zero-order valence-electron chi connectivity index (χ0n) is 8.05. The average Bonchev–Trinajstić information content (AvgIpc) is 2.70. The van der Waals surface area contributed by atoms with Crippen LogP contribution < -0.4 is 10.6 Å². The van der Waals surface area contributed by atoms with Gasteiger partial charge in [-0.05, 0) is 12.1 Å². The fourth-order valence-electron chi connectivity index (χ4n) is 1.60. The van der Waals surface area contributed by atoms with Gasteiger partial charge in [0, 0.05) is 6.54 Å². The Bertz CT molecular complexity index is 429. The second-order valence-electron chi connectivity index (χ2n) is 3.26. The second kappa shape index (κ2) is 3.61. The Morgan fingerprint density at radius 3 is 2.93 bits per heavy atom. The molecular formula is C10H11N3O2. The van der Waals surface area contributed by atoms with Crippen LogP contribution in [0, 0.1) is 0 Å². The molecule has 0 atom stereocenters. The lowest BCUT2D eigenvalue weighted by Gasteiger charge is -2.18. The summed E-state index contributed by atoms with van der Waals surface area (Å²) in [5.41, 5.74) is 6.98. The minimum atomic E-state index is -0.974. The summed E-state index contributed by atoms with van der Waals surface area (Å²) >= 11 is 0. The third kappa shape index (κ3) is 1.63. The third-order valence-corrected chi connectivity index (χ3v) is 2.28. The van der Waals surface area contributed by atoms with Gasteiger partial charge in [-0.25, -0.2) is 4.79 Å². The van der Waals surface area contributed by atoms with Gasteiger partial charge in [-0.2, -0.15) is 0 Å². The lowest BCUT2D eigenvalue weighted by atomic mass is 10.1. The van der Waals surface area contributed by atoms with Crippen LogP contribution in [-0.4, -0.2) is 30.5 Å². The first-order valence-corrected chi connectivity index (χ1v) is 4.58. The van der Waals surface area contributed by atoms with Crippen LogP contribution in [0.1, 0.15) is 10.4 Å². The van der Waals surface area contributed by atoms with E-state index < -0.39 is 5.97 Å². The average molecular weight is 205 g/mol. The third-order valence-electron chi connectivity index (χ3n) is 2.28. The van der Waals surface area contributed by atoms with Gasteiger partial charge in [0.05, 0.1) is 29.8 Å². The standard InChI is InChI=1S/C10H11N3O2/c11-8-3-1-2-7(10(14)15)9(8)13-5-4-12-6-13/h1-3,6H,4-5,11H2,(H,14,15). The zero-order chi connectivity index (χ0) is 10.8. The topological polar surface area (TPSA) is 78.9 Å². The lowest BCUT2D eigenvalue weighted by molar-refractivity contribution is 0.0698. The first-order chi connectivity index (χ1) is 7.20. The van der Waals surface area contributed by atoms with E-state index in [1.807, 2.05) is 0 Å². The van der Waals surface area contributed by atoms with E-state index >= 15 is 0 Å². The molecule has 0 spiro atoms. The van der Waals surface area contributed by atoms with Gasteiger partial charge in [0.2, 0.25) is 0 Å². The fourth-order valence-corrected chi connectivity index (χ4v) is 1.60. The van der Waals surface area contributed by atoms with Crippen LogP contribution in [0.5, 0.6) is 0 Å². The van der Waals surface area contributed by atoms with E-state index in [1.165, 1.54) is 0 Å². The fraction of sp³-hybridized carbons (Fsp3) is 0.200. The van der Waals surface area contributed by atoms with Gasteiger partial charge in [0.25, 0.3) is 0 Å². The highest BCUT2D eigenvalue weighted by Crippen LogP contribution is 2.28. The van der Waals surface area contributed by atoms with Gasteiger partial charge < -0.3 is 15.7 Å². The Morgan fingerprint density at radius 1 is 1.53 bits per heavy atom. The summed E-state index contributed by atoms with van der Waals surface area (Å²) < 4.78 is 0. The molecule has 0 radical (unpaired) electrons. The summed E-state index contributed by atoms with van der Waals surface area (Å²) in [6.07, 6.45) is 1.62. The molecule has 0 saturated heterocycles. The lowest BCUT2D eigenvalue weighted by Crippen LogP contribution is -2.22. The number of hydrogen-bond donors (Lipinski definition) is 2. The smallest absolute Gasteiger partial charge is 0.337 e. The van der Waals surface area contributed by atoms with Gasteiger partial charge in [0.15, 0.2) is 0 Å². The van der Waals surface area contributed by atoms with Gasteiger partial charge >= 0.3 is 5.97 Å². The number of aromatic carboxylic acids is 1. The summed E-state index contributed by atoms with van der Waals surface area (Å²) in [6, 6.07) is 4.86. The molecule has 0 bridgehead atoms. The Kier molecular flexibility index (Phi) is 2.29. The van der Waals surface area contributed by atoms with Crippen LogP contribution >= 0.6 is 0 Å². The van der Waals surface area contributed by atoms with Gasteiger partial charge in [0.1, 0.15) is 0 Å². The molecule has 0 aliphatic carbocycles. The number of carboxylic acids is 1. The van der Waals surface area contributed by atoms with E-state index in [2.05, 4.69) is 4.99 Å². The number of benzene rings is 1. The number of rotatable bonds is 2. The van der Waals surface area contributed by atoms with Crippen molar-refractivity contribution < 1.29 is 9.90 Å². The highest BCUT2D eigenvalue weighted by Gasteiger charge is 2.19. The molecule has 2 rings (SSSR count). The van der Waals surface area contributed by atoms with Crippen LogP contribution in [0.25, 0.3) is 0 Å². The van der Waals surface area contributed by atoms with Gasteiger partial charge in [-0.3, -0.25) is 4.99 Å². The quantitative estimate of drug-likeness (QED) is 0.700. The number of nitrogens with two attached hydrogens (primary N) is 1. The van der Waals surface area contributed by atoms with Crippen molar-refractivity contribution in [3.05, 3.63) is 23.8 Å².